The number of aliphatic hydroxyl groups is 1. The SMILES string of the molecule is CCCCCCCCCCCCCCCCCCC(=O)OC[C@H](COP(=O)(O)OC[C@@H](O)COP(=O)(O)OC[C@@H](COC(=O)CCCCCCCCCC)OC(=O)CCCCCCCCCCC(C)CC)OC(=O)CCCCCCCCCCCCCCCCC(C)CC. The number of carbonyl (C=O) groups excluding carboxylic acids is 4. The number of carbonyl (C=O) groups is 4. The van der Waals surface area contributed by atoms with E-state index in [4.69, 9.17) is 37.0 Å². The zero-order valence-electron chi connectivity index (χ0n) is 61.3. The average molecular weight is 1380 g/mol. The molecule has 0 aromatic heterocycles. The van der Waals surface area contributed by atoms with E-state index in [1.807, 2.05) is 0 Å². The van der Waals surface area contributed by atoms with E-state index in [-0.39, 0.29) is 25.7 Å². The van der Waals surface area contributed by atoms with Crippen molar-refractivity contribution in [3.05, 3.63) is 0 Å². The van der Waals surface area contributed by atoms with Gasteiger partial charge >= 0.3 is 39.5 Å². The number of rotatable bonds is 74. The monoisotopic (exact) mass is 1380 g/mol. The molecule has 4 unspecified atom stereocenters. The van der Waals surface area contributed by atoms with Gasteiger partial charge in [-0.15, -0.1) is 0 Å². The van der Waals surface area contributed by atoms with E-state index >= 15 is 0 Å². The normalized spacial score (nSPS) is 14.6. The lowest BCUT2D eigenvalue weighted by Crippen LogP contribution is -2.30. The number of hydrogen-bond donors (Lipinski definition) is 3. The molecule has 0 aromatic rings. The summed E-state index contributed by atoms with van der Waals surface area (Å²) >= 11 is 0. The van der Waals surface area contributed by atoms with Gasteiger partial charge in [0.05, 0.1) is 26.4 Å². The molecule has 0 spiro atoms. The van der Waals surface area contributed by atoms with E-state index in [1.165, 1.54) is 199 Å². The lowest BCUT2D eigenvalue weighted by molar-refractivity contribution is -0.161. The Kier molecular flexibility index (Phi) is 65.5. The Morgan fingerprint density at radius 3 is 0.755 bits per heavy atom. The Morgan fingerprint density at radius 1 is 0.298 bits per heavy atom. The molecular formula is C75H146O17P2. The van der Waals surface area contributed by atoms with Crippen LogP contribution < -0.4 is 0 Å². The average Bonchev–Trinajstić information content (AvgIpc) is 2.20. The Hall–Kier alpha value is -1.94. The molecule has 0 rings (SSSR count). The molecule has 0 fully saturated rings. The molecule has 0 radical (unpaired) electrons. The molecule has 0 bridgehead atoms. The van der Waals surface area contributed by atoms with Crippen molar-refractivity contribution in [2.75, 3.05) is 39.6 Å². The van der Waals surface area contributed by atoms with Crippen LogP contribution in [0.5, 0.6) is 0 Å². The zero-order valence-corrected chi connectivity index (χ0v) is 63.1. The van der Waals surface area contributed by atoms with Crippen molar-refractivity contribution in [1.82, 2.24) is 0 Å². The fraction of sp³-hybridized carbons (Fsp3) is 0.947. The molecule has 0 aliphatic carbocycles. The van der Waals surface area contributed by atoms with Crippen LogP contribution in [0.3, 0.4) is 0 Å². The zero-order chi connectivity index (χ0) is 69.3. The molecule has 0 amide bonds. The highest BCUT2D eigenvalue weighted by Crippen LogP contribution is 2.45. The lowest BCUT2D eigenvalue weighted by atomic mass is 9.99. The van der Waals surface area contributed by atoms with E-state index < -0.39 is 97.5 Å². The first kappa shape index (κ1) is 92.1. The molecule has 0 saturated carbocycles. The summed E-state index contributed by atoms with van der Waals surface area (Å²) in [6, 6.07) is 0. The first-order valence-corrected chi connectivity index (χ1v) is 42.1. The van der Waals surface area contributed by atoms with Crippen molar-refractivity contribution in [2.45, 2.75) is 407 Å². The molecule has 0 saturated heterocycles. The minimum Gasteiger partial charge on any atom is -0.462 e. The van der Waals surface area contributed by atoms with Crippen molar-refractivity contribution in [3.8, 4) is 0 Å². The molecule has 0 aliphatic rings. The van der Waals surface area contributed by atoms with Crippen molar-refractivity contribution in [1.29, 1.82) is 0 Å². The number of unbranched alkanes of at least 4 members (excludes halogenated alkanes) is 42. The summed E-state index contributed by atoms with van der Waals surface area (Å²) in [6.45, 7) is 9.61. The summed E-state index contributed by atoms with van der Waals surface area (Å²) < 4.78 is 68.4. The van der Waals surface area contributed by atoms with Gasteiger partial charge in [0.1, 0.15) is 19.3 Å². The second-order valence-electron chi connectivity index (χ2n) is 27.5. The van der Waals surface area contributed by atoms with Gasteiger partial charge in [-0.1, -0.05) is 337 Å². The van der Waals surface area contributed by atoms with E-state index in [1.54, 1.807) is 0 Å². The largest absolute Gasteiger partial charge is 0.472 e. The molecular weight excluding hydrogens is 1230 g/mol. The van der Waals surface area contributed by atoms with E-state index in [2.05, 4.69) is 41.5 Å². The molecule has 94 heavy (non-hydrogen) atoms. The second kappa shape index (κ2) is 66.9. The molecule has 0 aromatic carbocycles. The fourth-order valence-corrected chi connectivity index (χ4v) is 13.0. The van der Waals surface area contributed by atoms with Crippen LogP contribution in [0.1, 0.15) is 388 Å². The van der Waals surface area contributed by atoms with Crippen LogP contribution in [-0.4, -0.2) is 96.7 Å². The first-order chi connectivity index (χ1) is 45.4. The molecule has 0 aliphatic heterocycles. The number of aliphatic hydroxyl groups excluding tert-OH is 1. The van der Waals surface area contributed by atoms with Crippen LogP contribution in [0.4, 0.5) is 0 Å². The molecule has 7 atom stereocenters. The summed E-state index contributed by atoms with van der Waals surface area (Å²) in [5.41, 5.74) is 0. The number of ether oxygens (including phenoxy) is 4. The second-order valence-corrected chi connectivity index (χ2v) is 30.4. The third-order valence-electron chi connectivity index (χ3n) is 18.2. The summed E-state index contributed by atoms with van der Waals surface area (Å²) in [6.07, 6.45) is 54.0. The van der Waals surface area contributed by atoms with Crippen LogP contribution in [0.25, 0.3) is 0 Å². The van der Waals surface area contributed by atoms with E-state index in [0.717, 1.165) is 108 Å². The topological polar surface area (TPSA) is 237 Å². The Labute approximate surface area is 575 Å². The number of phosphoric acid groups is 2. The summed E-state index contributed by atoms with van der Waals surface area (Å²) in [7, 11) is -9.91. The maximum atomic E-state index is 13.1. The van der Waals surface area contributed by atoms with E-state index in [9.17, 15) is 43.2 Å². The van der Waals surface area contributed by atoms with Crippen molar-refractivity contribution in [2.24, 2.45) is 11.8 Å². The Bertz CT molecular complexity index is 1820. The number of hydrogen-bond acceptors (Lipinski definition) is 15. The molecule has 0 heterocycles. The van der Waals surface area contributed by atoms with Gasteiger partial charge in [-0.2, -0.15) is 0 Å². The number of phosphoric ester groups is 2. The number of esters is 4. The van der Waals surface area contributed by atoms with Crippen LogP contribution in [-0.2, 0) is 65.4 Å². The van der Waals surface area contributed by atoms with Gasteiger partial charge in [-0.05, 0) is 37.5 Å². The predicted molar refractivity (Wildman–Crippen MR) is 381 cm³/mol. The minimum atomic E-state index is -4.96. The van der Waals surface area contributed by atoms with Gasteiger partial charge in [0, 0.05) is 25.7 Å². The highest BCUT2D eigenvalue weighted by atomic mass is 31.2. The van der Waals surface area contributed by atoms with Crippen molar-refractivity contribution in [3.63, 3.8) is 0 Å². The van der Waals surface area contributed by atoms with Gasteiger partial charge < -0.3 is 33.8 Å². The summed E-state index contributed by atoms with van der Waals surface area (Å²) in [5.74, 6) is -0.504. The van der Waals surface area contributed by atoms with Crippen LogP contribution in [0.15, 0.2) is 0 Å². The molecule has 17 nitrogen and oxygen atoms in total. The smallest absolute Gasteiger partial charge is 0.462 e. The van der Waals surface area contributed by atoms with Crippen molar-refractivity contribution >= 4 is 39.5 Å². The van der Waals surface area contributed by atoms with E-state index in [0.29, 0.717) is 25.7 Å². The van der Waals surface area contributed by atoms with Crippen LogP contribution >= 0.6 is 15.6 Å². The van der Waals surface area contributed by atoms with Gasteiger partial charge in [-0.3, -0.25) is 37.3 Å². The highest BCUT2D eigenvalue weighted by molar-refractivity contribution is 7.47. The molecule has 3 N–H and O–H groups in total. The first-order valence-electron chi connectivity index (χ1n) is 39.1. The van der Waals surface area contributed by atoms with Gasteiger partial charge in [-0.25, -0.2) is 9.13 Å². The minimum absolute atomic E-state index is 0.105. The van der Waals surface area contributed by atoms with Crippen molar-refractivity contribution < 1.29 is 80.2 Å². The van der Waals surface area contributed by atoms with Gasteiger partial charge in [0.2, 0.25) is 0 Å². The lowest BCUT2D eigenvalue weighted by Gasteiger charge is -2.21. The molecule has 558 valence electrons. The summed E-state index contributed by atoms with van der Waals surface area (Å²) in [5, 5.41) is 10.6. The standard InChI is InChI=1S/C75H146O17P2/c1-7-11-13-15-17-19-20-21-22-23-27-30-33-40-46-52-58-73(78)86-64-71(91-74(79)59-53-47-41-34-31-28-25-24-26-29-32-37-43-49-55-67(5)9-3)66-90-94(83,84)88-62-69(76)61-87-93(81,82)89-65-70(63-85-72(77)57-51-45-39-18-16-14-12-8-2)92-75(80)60-54-48-42-36-35-38-44-50-56-68(6)10-4/h67-71,76H,7-66H2,1-6H3,(H,81,82)(H,83,84)/t67?,68?,69-,70+,71+/m0/s1. The quantitative estimate of drug-likeness (QED) is 0.0222. The third-order valence-corrected chi connectivity index (χ3v) is 20.1. The van der Waals surface area contributed by atoms with Gasteiger partial charge in [0.15, 0.2) is 12.2 Å². The maximum Gasteiger partial charge on any atom is 0.472 e. The highest BCUT2D eigenvalue weighted by Gasteiger charge is 2.30. The predicted octanol–water partition coefficient (Wildman–Crippen LogP) is 21.9. The Balaban J connectivity index is 5.22. The fourth-order valence-electron chi connectivity index (χ4n) is 11.4. The Morgan fingerprint density at radius 2 is 0.511 bits per heavy atom. The third kappa shape index (κ3) is 66.0. The van der Waals surface area contributed by atoms with Gasteiger partial charge in [0.25, 0.3) is 0 Å². The maximum absolute atomic E-state index is 13.1. The molecule has 19 heteroatoms. The van der Waals surface area contributed by atoms with Crippen LogP contribution in [0, 0.1) is 11.8 Å². The summed E-state index contributed by atoms with van der Waals surface area (Å²) in [4.78, 5) is 72.7. The van der Waals surface area contributed by atoms with Crippen LogP contribution in [0.2, 0.25) is 0 Å².